The molecule has 1 saturated heterocycles. The Kier molecular flexibility index (Phi) is 5.96. The van der Waals surface area contributed by atoms with Crippen LogP contribution in [0.2, 0.25) is 0 Å². The fraction of sp³-hybridized carbons (Fsp3) is 0.517. The number of hydrogen-bond acceptors (Lipinski definition) is 6. The molecule has 1 aliphatic heterocycles. The van der Waals surface area contributed by atoms with E-state index >= 15 is 0 Å². The third-order valence-electron chi connectivity index (χ3n) is 8.22. The lowest BCUT2D eigenvalue weighted by Gasteiger charge is -2.45. The van der Waals surface area contributed by atoms with Crippen molar-refractivity contribution in [2.75, 3.05) is 18.8 Å². The minimum Gasteiger partial charge on any atom is -0.444 e. The summed E-state index contributed by atoms with van der Waals surface area (Å²) in [6.45, 7) is 7.59. The van der Waals surface area contributed by atoms with Crippen LogP contribution in [0.1, 0.15) is 86.3 Å². The van der Waals surface area contributed by atoms with Gasteiger partial charge in [-0.05, 0) is 75.3 Å². The number of hydrogen-bond donors (Lipinski definition) is 2. The van der Waals surface area contributed by atoms with Crippen LogP contribution in [0.5, 0.6) is 0 Å². The van der Waals surface area contributed by atoms with E-state index in [9.17, 15) is 9.59 Å². The fourth-order valence-electron chi connectivity index (χ4n) is 6.16. The first kappa shape index (κ1) is 25.5. The van der Waals surface area contributed by atoms with Gasteiger partial charge in [-0.1, -0.05) is 24.3 Å². The Morgan fingerprint density at radius 3 is 2.67 bits per heavy atom. The van der Waals surface area contributed by atoms with Crippen LogP contribution in [0, 0.1) is 5.41 Å². The SMILES string of the molecule is CC(C)(C)OC(=O)N1CC[C@]2(C1)C[C@H](n1nc(-c3cnn(Cc4cccc(C5CC5)c4)c3)c(C(N)=O)c1N)C2. The zero-order valence-electron chi connectivity index (χ0n) is 22.9. The van der Waals surface area contributed by atoms with Gasteiger partial charge in [-0.15, -0.1) is 0 Å². The molecule has 1 aromatic carbocycles. The van der Waals surface area contributed by atoms with E-state index in [1.165, 1.54) is 24.0 Å². The lowest BCUT2D eigenvalue weighted by Crippen LogP contribution is -2.43. The predicted octanol–water partition coefficient (Wildman–Crippen LogP) is 4.32. The molecule has 6 rings (SSSR count). The molecule has 3 fully saturated rings. The van der Waals surface area contributed by atoms with Gasteiger partial charge in [-0.2, -0.15) is 10.2 Å². The Hall–Kier alpha value is -3.82. The molecule has 10 nitrogen and oxygen atoms in total. The van der Waals surface area contributed by atoms with E-state index in [-0.39, 0.29) is 28.9 Å². The van der Waals surface area contributed by atoms with Crippen molar-refractivity contribution >= 4 is 17.8 Å². The van der Waals surface area contributed by atoms with Crippen LogP contribution in [0.4, 0.5) is 10.6 Å². The average Bonchev–Trinajstić information content (AvgIpc) is 3.26. The van der Waals surface area contributed by atoms with Crippen LogP contribution in [0.15, 0.2) is 36.7 Å². The maximum atomic E-state index is 12.5. The molecule has 206 valence electrons. The molecule has 39 heavy (non-hydrogen) atoms. The highest BCUT2D eigenvalue weighted by Gasteiger charge is 2.51. The Morgan fingerprint density at radius 1 is 1.21 bits per heavy atom. The summed E-state index contributed by atoms with van der Waals surface area (Å²) in [5, 5.41) is 9.31. The number of ether oxygens (including phenoxy) is 1. The second-order valence-electron chi connectivity index (χ2n) is 12.6. The summed E-state index contributed by atoms with van der Waals surface area (Å²) in [5.74, 6) is 0.368. The van der Waals surface area contributed by atoms with Gasteiger partial charge in [0.1, 0.15) is 22.7 Å². The van der Waals surface area contributed by atoms with E-state index in [0.717, 1.165) is 19.3 Å². The van der Waals surface area contributed by atoms with Gasteiger partial charge in [0.05, 0.1) is 18.8 Å². The molecular formula is C29H37N7O3. The summed E-state index contributed by atoms with van der Waals surface area (Å²) in [7, 11) is 0. The molecule has 0 radical (unpaired) electrons. The number of nitrogens with zero attached hydrogens (tertiary/aromatic N) is 5. The Bertz CT molecular complexity index is 1420. The molecule has 2 saturated carbocycles. The summed E-state index contributed by atoms with van der Waals surface area (Å²) in [6.07, 6.45) is 8.42. The Balaban J connectivity index is 1.17. The molecule has 2 aliphatic carbocycles. The lowest BCUT2D eigenvalue weighted by atomic mass is 9.65. The third-order valence-corrected chi connectivity index (χ3v) is 8.22. The van der Waals surface area contributed by atoms with Gasteiger partial charge in [0, 0.05) is 24.8 Å². The number of nitrogen functional groups attached to an aromatic ring is 1. The molecule has 3 aliphatic rings. The number of aromatic nitrogens is 4. The summed E-state index contributed by atoms with van der Waals surface area (Å²) in [6, 6.07) is 8.68. The van der Waals surface area contributed by atoms with Crippen LogP contribution in [-0.2, 0) is 11.3 Å². The molecular weight excluding hydrogens is 494 g/mol. The largest absolute Gasteiger partial charge is 0.444 e. The molecule has 0 bridgehead atoms. The Morgan fingerprint density at radius 2 is 1.97 bits per heavy atom. The van der Waals surface area contributed by atoms with Gasteiger partial charge in [0.25, 0.3) is 5.91 Å². The van der Waals surface area contributed by atoms with Gasteiger partial charge in [0.15, 0.2) is 0 Å². The molecule has 4 N–H and O–H groups in total. The van der Waals surface area contributed by atoms with Crippen molar-refractivity contribution in [3.63, 3.8) is 0 Å². The zero-order chi connectivity index (χ0) is 27.5. The number of benzene rings is 1. The highest BCUT2D eigenvalue weighted by Crippen LogP contribution is 2.55. The zero-order valence-corrected chi connectivity index (χ0v) is 22.9. The molecule has 10 heteroatoms. The number of primary amides is 1. The van der Waals surface area contributed by atoms with Gasteiger partial charge < -0.3 is 21.1 Å². The quantitative estimate of drug-likeness (QED) is 0.487. The van der Waals surface area contributed by atoms with Crippen molar-refractivity contribution in [2.45, 2.75) is 77.0 Å². The first-order valence-electron chi connectivity index (χ1n) is 13.8. The molecule has 2 aromatic heterocycles. The minimum atomic E-state index is -0.607. The highest BCUT2D eigenvalue weighted by molar-refractivity contribution is 6.03. The maximum Gasteiger partial charge on any atom is 0.410 e. The number of nitrogens with two attached hydrogens (primary N) is 2. The number of anilines is 1. The Labute approximate surface area is 228 Å². The molecule has 1 spiro atoms. The van der Waals surface area contributed by atoms with E-state index in [4.69, 9.17) is 21.3 Å². The smallest absolute Gasteiger partial charge is 0.410 e. The number of amides is 2. The summed E-state index contributed by atoms with van der Waals surface area (Å²) < 4.78 is 9.15. The predicted molar refractivity (Wildman–Crippen MR) is 147 cm³/mol. The molecule has 3 aromatic rings. The van der Waals surface area contributed by atoms with E-state index in [1.807, 2.05) is 31.6 Å². The van der Waals surface area contributed by atoms with Crippen LogP contribution in [-0.4, -0.2) is 55.2 Å². The lowest BCUT2D eigenvalue weighted by molar-refractivity contribution is 0.0187. The normalized spacial score (nSPS) is 22.7. The van der Waals surface area contributed by atoms with Crippen molar-refractivity contribution in [3.05, 3.63) is 53.3 Å². The van der Waals surface area contributed by atoms with Crippen LogP contribution in [0.3, 0.4) is 0 Å². The van der Waals surface area contributed by atoms with Crippen LogP contribution in [0.25, 0.3) is 11.3 Å². The van der Waals surface area contributed by atoms with Crippen molar-refractivity contribution in [1.29, 1.82) is 0 Å². The second kappa shape index (κ2) is 9.14. The molecule has 3 heterocycles. The monoisotopic (exact) mass is 531 g/mol. The van der Waals surface area contributed by atoms with E-state index < -0.39 is 11.5 Å². The standard InChI is InChI=1S/C29H37N7O3/c1-28(2,3)39-27(38)34-10-9-29(17-34)12-22(13-29)36-25(30)23(26(31)37)24(33-36)21-14-32-35(16-21)15-18-5-4-6-20(11-18)19-7-8-19/h4-6,11,14,16,19,22H,7-10,12-13,15,17,30H2,1-3H3,(H2,31,37)/t22-,29-. The van der Waals surface area contributed by atoms with Crippen LogP contribution >= 0.6 is 0 Å². The highest BCUT2D eigenvalue weighted by atomic mass is 16.6. The van der Waals surface area contributed by atoms with Gasteiger partial charge in [-0.3, -0.25) is 9.48 Å². The van der Waals surface area contributed by atoms with Crippen molar-refractivity contribution in [2.24, 2.45) is 11.1 Å². The fourth-order valence-corrected chi connectivity index (χ4v) is 6.16. The maximum absolute atomic E-state index is 12.5. The third kappa shape index (κ3) is 4.99. The summed E-state index contributed by atoms with van der Waals surface area (Å²) in [5.41, 5.74) is 15.7. The van der Waals surface area contributed by atoms with Gasteiger partial charge >= 0.3 is 6.09 Å². The first-order chi connectivity index (χ1) is 18.5. The first-order valence-corrected chi connectivity index (χ1v) is 13.8. The molecule has 0 unspecified atom stereocenters. The van der Waals surface area contributed by atoms with Gasteiger partial charge in [0.2, 0.25) is 0 Å². The van der Waals surface area contributed by atoms with Gasteiger partial charge in [-0.25, -0.2) is 9.48 Å². The van der Waals surface area contributed by atoms with Crippen molar-refractivity contribution in [1.82, 2.24) is 24.5 Å². The number of rotatable bonds is 6. The average molecular weight is 532 g/mol. The number of carbonyl (C=O) groups is 2. The van der Waals surface area contributed by atoms with E-state index in [0.29, 0.717) is 36.8 Å². The molecule has 0 atom stereocenters. The second-order valence-corrected chi connectivity index (χ2v) is 12.6. The molecule has 2 amide bonds. The summed E-state index contributed by atoms with van der Waals surface area (Å²) >= 11 is 0. The minimum absolute atomic E-state index is 0.0207. The van der Waals surface area contributed by atoms with Crippen LogP contribution < -0.4 is 11.5 Å². The number of carbonyl (C=O) groups excluding carboxylic acids is 2. The van der Waals surface area contributed by atoms with Crippen molar-refractivity contribution in [3.8, 4) is 11.3 Å². The van der Waals surface area contributed by atoms with Crippen molar-refractivity contribution < 1.29 is 14.3 Å². The topological polar surface area (TPSA) is 134 Å². The van der Waals surface area contributed by atoms with E-state index in [2.05, 4.69) is 29.4 Å². The summed E-state index contributed by atoms with van der Waals surface area (Å²) in [4.78, 5) is 26.8. The number of likely N-dealkylation sites (tertiary alicyclic amines) is 1. The van der Waals surface area contributed by atoms with E-state index in [1.54, 1.807) is 15.8 Å².